The lowest BCUT2D eigenvalue weighted by Crippen LogP contribution is -2.57. The topological polar surface area (TPSA) is 57.5 Å². The highest BCUT2D eigenvalue weighted by atomic mass is 16.4. The van der Waals surface area contributed by atoms with Crippen molar-refractivity contribution >= 4 is 5.97 Å². The van der Waals surface area contributed by atoms with Crippen molar-refractivity contribution in [2.75, 3.05) is 0 Å². The first-order valence-corrected chi connectivity index (χ1v) is 20.3. The van der Waals surface area contributed by atoms with E-state index in [0.29, 0.717) is 40.9 Å². The van der Waals surface area contributed by atoms with E-state index in [1.165, 1.54) is 135 Å². The van der Waals surface area contributed by atoms with E-state index < -0.39 is 5.97 Å². The molecule has 0 spiro atoms. The van der Waals surface area contributed by atoms with Gasteiger partial charge in [0.2, 0.25) is 0 Å². The Hall–Kier alpha value is -0.830. The summed E-state index contributed by atoms with van der Waals surface area (Å²) >= 11 is 0. The zero-order valence-electron chi connectivity index (χ0n) is 30.3. The largest absolute Gasteiger partial charge is 0.481 e. The van der Waals surface area contributed by atoms with Crippen LogP contribution in [0.1, 0.15) is 188 Å². The molecule has 10 atom stereocenters. The molecule has 3 heteroatoms. The van der Waals surface area contributed by atoms with Crippen molar-refractivity contribution in [3.05, 3.63) is 12.2 Å². The van der Waals surface area contributed by atoms with Crippen LogP contribution in [0.4, 0.5) is 0 Å². The van der Waals surface area contributed by atoms with Crippen LogP contribution in [0.2, 0.25) is 0 Å². The molecule has 0 amide bonds. The second kappa shape index (κ2) is 18.1. The molecule has 0 saturated heterocycles. The smallest absolute Gasteiger partial charge is 0.303 e. The highest BCUT2D eigenvalue weighted by Crippen LogP contribution is 2.69. The van der Waals surface area contributed by atoms with E-state index in [4.69, 9.17) is 0 Å². The molecule has 3 nitrogen and oxygen atoms in total. The van der Waals surface area contributed by atoms with Gasteiger partial charge in [-0.3, -0.25) is 4.79 Å². The molecular weight excluding hydrogens is 552 g/mol. The van der Waals surface area contributed by atoms with E-state index in [0.717, 1.165) is 37.0 Å². The summed E-state index contributed by atoms with van der Waals surface area (Å²) in [5.41, 5.74) is 0.800. The van der Waals surface area contributed by atoms with Crippen molar-refractivity contribution in [3.8, 4) is 0 Å². The van der Waals surface area contributed by atoms with Crippen molar-refractivity contribution in [3.63, 3.8) is 0 Å². The molecule has 0 aromatic carbocycles. The summed E-state index contributed by atoms with van der Waals surface area (Å²) in [6, 6.07) is 0. The number of carboxylic acid groups (broad SMARTS) is 1. The van der Waals surface area contributed by atoms with Gasteiger partial charge in [-0.15, -0.1) is 0 Å². The molecule has 4 saturated carbocycles. The summed E-state index contributed by atoms with van der Waals surface area (Å²) in [6.07, 6.45) is 36.5. The molecule has 45 heavy (non-hydrogen) atoms. The minimum Gasteiger partial charge on any atom is -0.481 e. The number of aliphatic hydroxyl groups excluding tert-OH is 1. The zero-order valence-corrected chi connectivity index (χ0v) is 30.3. The Bertz CT molecular complexity index is 896. The van der Waals surface area contributed by atoms with E-state index in [9.17, 15) is 15.0 Å². The first-order chi connectivity index (χ1) is 21.7. The summed E-state index contributed by atoms with van der Waals surface area (Å²) in [7, 11) is 0. The van der Waals surface area contributed by atoms with Gasteiger partial charge < -0.3 is 10.2 Å². The fourth-order valence-corrected chi connectivity index (χ4v) is 12.1. The Morgan fingerprint density at radius 3 is 2.11 bits per heavy atom. The third-order valence-electron chi connectivity index (χ3n) is 14.6. The first kappa shape index (κ1) is 37.0. The van der Waals surface area contributed by atoms with E-state index in [2.05, 4.69) is 39.8 Å². The Morgan fingerprint density at radius 2 is 1.44 bits per heavy atom. The molecule has 2 unspecified atom stereocenters. The number of carbonyl (C=O) groups is 1. The molecule has 0 radical (unpaired) electrons. The Balaban J connectivity index is 1.20. The lowest BCUT2D eigenvalue weighted by Gasteiger charge is -2.63. The summed E-state index contributed by atoms with van der Waals surface area (Å²) in [5.74, 6) is 4.47. The third kappa shape index (κ3) is 9.41. The molecule has 4 fully saturated rings. The summed E-state index contributed by atoms with van der Waals surface area (Å²) in [6.45, 7) is 9.93. The quantitative estimate of drug-likeness (QED) is 0.104. The van der Waals surface area contributed by atoms with Gasteiger partial charge in [0, 0.05) is 6.42 Å². The van der Waals surface area contributed by atoms with Gasteiger partial charge >= 0.3 is 5.97 Å². The van der Waals surface area contributed by atoms with Crippen LogP contribution in [0, 0.1) is 52.3 Å². The fourth-order valence-electron chi connectivity index (χ4n) is 12.1. The van der Waals surface area contributed by atoms with Gasteiger partial charge in [0.05, 0.1) is 6.10 Å². The van der Waals surface area contributed by atoms with Crippen LogP contribution in [0.15, 0.2) is 12.2 Å². The minimum absolute atomic E-state index is 0.0847. The standard InChI is InChI=1S/C42H74O3/c1-5-6-7-8-9-10-11-12-13-14-15-16-17-18-19-20-21-33-30-35(43)31-34-23-24-36-38-26-25-37(32(2)22-27-40(44)45)41(38,3)29-28-39(36)42(33,34)4/h12-13,32-39,43H,5-11,14-31H2,1-4H3,(H,44,45)/b13-12-/t32-,33?,34?,35-,36+,37-,38+,39+,41-,42+/m1/s1. The summed E-state index contributed by atoms with van der Waals surface area (Å²) in [5, 5.41) is 20.3. The Kier molecular flexibility index (Phi) is 14.9. The highest BCUT2D eigenvalue weighted by Gasteiger charge is 2.62. The fraction of sp³-hybridized carbons (Fsp3) is 0.929. The Morgan fingerprint density at radius 1 is 0.800 bits per heavy atom. The summed E-state index contributed by atoms with van der Waals surface area (Å²) < 4.78 is 0. The Labute approximate surface area is 279 Å². The van der Waals surface area contributed by atoms with Crippen LogP contribution in [0.5, 0.6) is 0 Å². The van der Waals surface area contributed by atoms with Crippen LogP contribution in [0.25, 0.3) is 0 Å². The van der Waals surface area contributed by atoms with E-state index >= 15 is 0 Å². The number of hydrogen-bond donors (Lipinski definition) is 2. The van der Waals surface area contributed by atoms with Gasteiger partial charge in [0.25, 0.3) is 0 Å². The third-order valence-corrected chi connectivity index (χ3v) is 14.6. The molecule has 0 bridgehead atoms. The van der Waals surface area contributed by atoms with Crippen LogP contribution in [-0.4, -0.2) is 22.3 Å². The number of fused-ring (bicyclic) bond motifs is 5. The number of aliphatic carboxylic acids is 1. The molecule has 0 aliphatic heterocycles. The van der Waals surface area contributed by atoms with Gasteiger partial charge in [-0.2, -0.15) is 0 Å². The average molecular weight is 627 g/mol. The number of aliphatic hydroxyl groups is 1. The van der Waals surface area contributed by atoms with Gasteiger partial charge in [0.15, 0.2) is 0 Å². The molecule has 0 aromatic heterocycles. The van der Waals surface area contributed by atoms with Crippen molar-refractivity contribution in [2.45, 2.75) is 194 Å². The number of hydrogen-bond acceptors (Lipinski definition) is 2. The van der Waals surface area contributed by atoms with Crippen molar-refractivity contribution in [1.29, 1.82) is 0 Å². The van der Waals surface area contributed by atoms with Crippen LogP contribution >= 0.6 is 0 Å². The van der Waals surface area contributed by atoms with E-state index in [1.54, 1.807) is 0 Å². The van der Waals surface area contributed by atoms with Gasteiger partial charge in [0.1, 0.15) is 0 Å². The number of carboxylic acids is 1. The predicted molar refractivity (Wildman–Crippen MR) is 190 cm³/mol. The molecular formula is C42H74O3. The average Bonchev–Trinajstić information content (AvgIpc) is 3.37. The number of allylic oxidation sites excluding steroid dienone is 2. The zero-order chi connectivity index (χ0) is 32.3. The molecule has 260 valence electrons. The van der Waals surface area contributed by atoms with E-state index in [-0.39, 0.29) is 6.10 Å². The molecule has 2 N–H and O–H groups in total. The van der Waals surface area contributed by atoms with Gasteiger partial charge in [-0.1, -0.05) is 104 Å². The van der Waals surface area contributed by atoms with Crippen molar-refractivity contribution < 1.29 is 15.0 Å². The maximum Gasteiger partial charge on any atom is 0.303 e. The first-order valence-electron chi connectivity index (χ1n) is 20.3. The maximum atomic E-state index is 11.3. The SMILES string of the molecule is CCCCCCCC/C=C\CCCCCCCCC1C[C@@H](O)CC2CC[C@@H]3[C@H](CC[C@]4(C)[C@@H]([C@H](C)CCC(=O)O)CC[C@@H]34)[C@@]12C. The molecule has 4 aliphatic rings. The normalized spacial score (nSPS) is 36.9. The predicted octanol–water partition coefficient (Wildman–Crippen LogP) is 12.2. The number of unbranched alkanes of at least 4 members (excludes halogenated alkanes) is 12. The number of rotatable bonds is 20. The highest BCUT2D eigenvalue weighted by molar-refractivity contribution is 5.66. The lowest BCUT2D eigenvalue weighted by molar-refractivity contribution is -0.159. The monoisotopic (exact) mass is 627 g/mol. The van der Waals surface area contributed by atoms with Crippen LogP contribution in [-0.2, 0) is 4.79 Å². The summed E-state index contributed by atoms with van der Waals surface area (Å²) in [4.78, 5) is 11.3. The van der Waals surface area contributed by atoms with Crippen molar-refractivity contribution in [1.82, 2.24) is 0 Å². The van der Waals surface area contributed by atoms with Crippen LogP contribution < -0.4 is 0 Å². The van der Waals surface area contributed by atoms with Crippen molar-refractivity contribution in [2.24, 2.45) is 52.3 Å². The molecule has 4 aliphatic carbocycles. The second-order valence-corrected chi connectivity index (χ2v) is 17.2. The lowest BCUT2D eigenvalue weighted by atomic mass is 9.42. The molecule has 0 heterocycles. The molecule has 4 rings (SSSR count). The minimum atomic E-state index is -0.635. The van der Waals surface area contributed by atoms with Gasteiger partial charge in [-0.05, 0) is 142 Å². The van der Waals surface area contributed by atoms with E-state index in [1.807, 2.05) is 0 Å². The second-order valence-electron chi connectivity index (χ2n) is 17.2. The van der Waals surface area contributed by atoms with Gasteiger partial charge in [-0.25, -0.2) is 0 Å². The molecule has 0 aromatic rings. The van der Waals surface area contributed by atoms with Crippen LogP contribution in [0.3, 0.4) is 0 Å². The maximum absolute atomic E-state index is 11.3.